The number of hydrogen-bond acceptors (Lipinski definition) is 10. The fourth-order valence-electron chi connectivity index (χ4n) is 9.54. The van der Waals surface area contributed by atoms with Crippen LogP contribution < -0.4 is 26.6 Å². The number of nitrogens with one attached hydrogen (secondary N) is 5. The summed E-state index contributed by atoms with van der Waals surface area (Å²) in [7, 11) is 1.44. The van der Waals surface area contributed by atoms with Crippen molar-refractivity contribution in [2.45, 2.75) is 161 Å². The molecule has 18 nitrogen and oxygen atoms in total. The van der Waals surface area contributed by atoms with Crippen molar-refractivity contribution in [3.8, 4) is 0 Å². The number of amides is 8. The van der Waals surface area contributed by atoms with Crippen LogP contribution in [0, 0.1) is 17.8 Å². The van der Waals surface area contributed by atoms with Gasteiger partial charge in [0.1, 0.15) is 54.4 Å². The quantitative estimate of drug-likeness (QED) is 0.218. The maximum absolute atomic E-state index is 14.7. The zero-order valence-corrected chi connectivity index (χ0v) is 42.2. The Morgan fingerprint density at radius 3 is 1.69 bits per heavy atom. The van der Waals surface area contributed by atoms with Crippen molar-refractivity contribution >= 4 is 53.2 Å². The van der Waals surface area contributed by atoms with Gasteiger partial charge in [-0.3, -0.25) is 38.4 Å². The number of nitrogens with zero attached hydrogens (tertiary/aromatic N) is 3. The molecule has 382 valence electrons. The van der Waals surface area contributed by atoms with E-state index in [2.05, 4.69) is 26.6 Å². The van der Waals surface area contributed by atoms with Gasteiger partial charge in [-0.2, -0.15) is 0 Å². The molecule has 0 bridgehead atoms. The highest BCUT2D eigenvalue weighted by atomic mass is 16.5. The molecule has 5 rings (SSSR count). The Morgan fingerprint density at radius 2 is 1.13 bits per heavy atom. The number of likely N-dealkylation sites (N-methyl/N-ethyl adjacent to an activating group) is 1. The number of ether oxygens (including phenoxy) is 1. The first-order valence-corrected chi connectivity index (χ1v) is 24.8. The molecule has 3 aliphatic rings. The van der Waals surface area contributed by atoms with Crippen molar-refractivity contribution in [1.29, 1.82) is 0 Å². The average Bonchev–Trinajstić information content (AvgIpc) is 4.01. The van der Waals surface area contributed by atoms with Crippen molar-refractivity contribution in [2.75, 3.05) is 20.1 Å². The standard InChI is InChI=1S/C52H74N8O10/c1-30(2)26-37-46(63)57-43(32(5)6)51(68)60-25-17-23-41(60)50(67)59-24-16-22-40(59)47(64)56-39(27-31(3)4)49(66)58(9)42(29-36-20-14-11-15-21-36)52(69)70-33(7)44(53-34(8)61)48(65)55-38(45(62)54-37)28-35-18-12-10-13-19-35/h10-15,18-21,30-33,37-44H,16-17,22-29H2,1-9H3,(H,53,61)(H,54,62)(H,55,65)(H,56,64)(H,57,63)/t33-,37-,38-,39-,40-,41-,42-,43-,44-/m0/s1. The number of esters is 1. The topological polar surface area (TPSA) is 233 Å². The first-order chi connectivity index (χ1) is 33.2. The van der Waals surface area contributed by atoms with Crippen LogP contribution in [-0.4, -0.2) is 143 Å². The van der Waals surface area contributed by atoms with Crippen molar-refractivity contribution < 1.29 is 47.9 Å². The Balaban J connectivity index is 1.60. The van der Waals surface area contributed by atoms with Crippen molar-refractivity contribution in [3.05, 3.63) is 71.8 Å². The van der Waals surface area contributed by atoms with Crippen LogP contribution in [-0.2, 0) is 60.7 Å². The molecule has 3 fully saturated rings. The molecule has 3 heterocycles. The third kappa shape index (κ3) is 14.4. The Morgan fingerprint density at radius 1 is 0.629 bits per heavy atom. The van der Waals surface area contributed by atoms with Crippen LogP contribution in [0.3, 0.4) is 0 Å². The molecular weight excluding hydrogens is 897 g/mol. The molecule has 0 aromatic heterocycles. The summed E-state index contributed by atoms with van der Waals surface area (Å²) in [6, 6.07) is 8.42. The number of carbonyl (C=O) groups excluding carboxylic acids is 9. The summed E-state index contributed by atoms with van der Waals surface area (Å²) in [6.45, 7) is 14.2. The molecule has 5 N–H and O–H groups in total. The highest BCUT2D eigenvalue weighted by Crippen LogP contribution is 2.27. The predicted octanol–water partition coefficient (Wildman–Crippen LogP) is 2.42. The molecule has 70 heavy (non-hydrogen) atoms. The van der Waals surface area contributed by atoms with E-state index in [1.165, 1.54) is 35.6 Å². The number of carbonyl (C=O) groups is 9. The van der Waals surface area contributed by atoms with E-state index < -0.39 is 114 Å². The third-order valence-electron chi connectivity index (χ3n) is 13.2. The zero-order valence-electron chi connectivity index (χ0n) is 42.2. The number of fused-ring (bicyclic) bond motifs is 2. The lowest BCUT2D eigenvalue weighted by Gasteiger charge is -2.35. The van der Waals surface area contributed by atoms with E-state index in [0.29, 0.717) is 36.8 Å². The SMILES string of the molecule is CC(=O)N[C@@H]1C(=O)N[C@@H](Cc2ccccc2)C(=O)N[C@@H](CC(C)C)C(=O)N[C@@H](C(C)C)C(=O)N2CCC[C@H]2C(=O)N2CCC[C@H]2C(=O)N[C@@H](CC(C)C)C(=O)N(C)[C@@H](Cc2ccccc2)C(=O)O[C@H]1C. The van der Waals surface area contributed by atoms with E-state index in [1.807, 2.05) is 27.7 Å². The number of hydrogen-bond donors (Lipinski definition) is 5. The number of benzene rings is 2. The van der Waals surface area contributed by atoms with Gasteiger partial charge in [-0.1, -0.05) is 102 Å². The van der Waals surface area contributed by atoms with E-state index in [1.54, 1.807) is 74.5 Å². The maximum atomic E-state index is 14.7. The van der Waals surface area contributed by atoms with Crippen molar-refractivity contribution in [3.63, 3.8) is 0 Å². The molecule has 18 heteroatoms. The minimum absolute atomic E-state index is 0.0163. The van der Waals surface area contributed by atoms with E-state index in [-0.39, 0.29) is 50.6 Å². The molecule has 0 unspecified atom stereocenters. The first-order valence-electron chi connectivity index (χ1n) is 24.8. The molecule has 3 aliphatic heterocycles. The third-order valence-corrected chi connectivity index (χ3v) is 13.2. The highest BCUT2D eigenvalue weighted by Gasteiger charge is 2.46. The van der Waals surface area contributed by atoms with E-state index >= 15 is 0 Å². The monoisotopic (exact) mass is 971 g/mol. The van der Waals surface area contributed by atoms with Gasteiger partial charge in [0.25, 0.3) is 0 Å². The van der Waals surface area contributed by atoms with Crippen LogP contribution in [0.5, 0.6) is 0 Å². The Bertz CT molecular complexity index is 2190. The summed E-state index contributed by atoms with van der Waals surface area (Å²) >= 11 is 0. The summed E-state index contributed by atoms with van der Waals surface area (Å²) in [5, 5.41) is 13.9. The molecule has 0 saturated carbocycles. The van der Waals surface area contributed by atoms with Crippen LogP contribution in [0.1, 0.15) is 105 Å². The highest BCUT2D eigenvalue weighted by molar-refractivity contribution is 5.98. The van der Waals surface area contributed by atoms with Crippen LogP contribution in [0.15, 0.2) is 60.7 Å². The lowest BCUT2D eigenvalue weighted by atomic mass is 9.98. The van der Waals surface area contributed by atoms with Crippen LogP contribution >= 0.6 is 0 Å². The molecule has 0 radical (unpaired) electrons. The maximum Gasteiger partial charge on any atom is 0.329 e. The zero-order chi connectivity index (χ0) is 51.4. The minimum atomic E-state index is -1.53. The lowest BCUT2D eigenvalue weighted by molar-refractivity contribution is -0.161. The Kier molecular flexibility index (Phi) is 19.5. The fourth-order valence-corrected chi connectivity index (χ4v) is 9.54. The van der Waals surface area contributed by atoms with Gasteiger partial charge >= 0.3 is 5.97 Å². The van der Waals surface area contributed by atoms with Crippen LogP contribution in [0.2, 0.25) is 0 Å². The van der Waals surface area contributed by atoms with Gasteiger partial charge in [0.2, 0.25) is 47.3 Å². The average molecular weight is 971 g/mol. The molecule has 3 saturated heterocycles. The van der Waals surface area contributed by atoms with E-state index in [9.17, 15) is 43.2 Å². The van der Waals surface area contributed by atoms with Gasteiger partial charge in [0, 0.05) is 39.9 Å². The minimum Gasteiger partial charge on any atom is -0.458 e. The molecule has 9 atom stereocenters. The molecule has 0 aliphatic carbocycles. The van der Waals surface area contributed by atoms with Crippen molar-refractivity contribution in [2.24, 2.45) is 17.8 Å². The lowest BCUT2D eigenvalue weighted by Crippen LogP contribution is -2.61. The Hall–Kier alpha value is -6.33. The van der Waals surface area contributed by atoms with Gasteiger partial charge in [0.05, 0.1) is 0 Å². The number of rotatable bonds is 10. The summed E-state index contributed by atoms with van der Waals surface area (Å²) in [6.07, 6.45) is 0.618. The van der Waals surface area contributed by atoms with Gasteiger partial charge < -0.3 is 46.0 Å². The summed E-state index contributed by atoms with van der Waals surface area (Å²) < 4.78 is 6.00. The van der Waals surface area contributed by atoms with E-state index in [4.69, 9.17) is 4.74 Å². The second kappa shape index (κ2) is 25.0. The van der Waals surface area contributed by atoms with Gasteiger partial charge in [-0.15, -0.1) is 0 Å². The normalized spacial score (nSPS) is 27.3. The summed E-state index contributed by atoms with van der Waals surface area (Å²) in [4.78, 5) is 133. The van der Waals surface area contributed by atoms with Gasteiger partial charge in [0.15, 0.2) is 0 Å². The van der Waals surface area contributed by atoms with Gasteiger partial charge in [-0.05, 0) is 74.3 Å². The molecule has 8 amide bonds. The molecule has 0 spiro atoms. The van der Waals surface area contributed by atoms with Crippen LogP contribution in [0.25, 0.3) is 0 Å². The summed E-state index contributed by atoms with van der Waals surface area (Å²) in [5.41, 5.74) is 1.34. The van der Waals surface area contributed by atoms with E-state index in [0.717, 1.165) is 0 Å². The van der Waals surface area contributed by atoms with Crippen LogP contribution in [0.4, 0.5) is 0 Å². The second-order valence-electron chi connectivity index (χ2n) is 20.2. The number of cyclic esters (lactones) is 1. The fraction of sp³-hybridized carbons (Fsp3) is 0.596. The molecular formula is C52H74N8O10. The second-order valence-corrected chi connectivity index (χ2v) is 20.2. The molecule has 2 aromatic carbocycles. The van der Waals surface area contributed by atoms with Gasteiger partial charge in [-0.25, -0.2) is 4.79 Å². The Labute approximate surface area is 412 Å². The van der Waals surface area contributed by atoms with Crippen molar-refractivity contribution in [1.82, 2.24) is 41.3 Å². The largest absolute Gasteiger partial charge is 0.458 e. The predicted molar refractivity (Wildman–Crippen MR) is 261 cm³/mol. The molecule has 2 aromatic rings. The summed E-state index contributed by atoms with van der Waals surface area (Å²) in [5.74, 6) is -6.45. The first kappa shape index (κ1) is 54.6. The smallest absolute Gasteiger partial charge is 0.329 e.